The van der Waals surface area contributed by atoms with E-state index in [1.807, 2.05) is 6.92 Å². The molecule has 2 amide bonds. The third-order valence-corrected chi connectivity index (χ3v) is 4.78. The predicted octanol–water partition coefficient (Wildman–Crippen LogP) is 2.51. The van der Waals surface area contributed by atoms with Gasteiger partial charge < -0.3 is 15.6 Å². The zero-order valence-electron chi connectivity index (χ0n) is 15.4. The van der Waals surface area contributed by atoms with E-state index in [1.54, 1.807) is 42.5 Å². The van der Waals surface area contributed by atoms with E-state index in [9.17, 15) is 14.4 Å². The van der Waals surface area contributed by atoms with Crippen LogP contribution in [0.25, 0.3) is 10.9 Å². The van der Waals surface area contributed by atoms with Crippen molar-refractivity contribution in [3.05, 3.63) is 69.8 Å². The Labute approximate surface area is 161 Å². The second-order valence-corrected chi connectivity index (χ2v) is 7.01. The maximum atomic E-state index is 12.5. The predicted molar refractivity (Wildman–Crippen MR) is 106 cm³/mol. The average Bonchev–Trinajstić information content (AvgIpc) is 3.53. The minimum atomic E-state index is -0.308. The number of carbonyl (C=O) groups is 2. The van der Waals surface area contributed by atoms with Gasteiger partial charge in [0.2, 0.25) is 5.91 Å². The van der Waals surface area contributed by atoms with E-state index >= 15 is 0 Å². The molecule has 0 bridgehead atoms. The van der Waals surface area contributed by atoms with Gasteiger partial charge in [-0.15, -0.1) is 0 Å². The Balaban J connectivity index is 1.48. The number of nitrogens with zero attached hydrogens (tertiary/aromatic N) is 1. The number of hydrogen-bond donors (Lipinski definition) is 3. The highest BCUT2D eigenvalue weighted by molar-refractivity contribution is 5.98. The van der Waals surface area contributed by atoms with Gasteiger partial charge in [-0.05, 0) is 49.6 Å². The molecule has 0 atom stereocenters. The van der Waals surface area contributed by atoms with Crippen molar-refractivity contribution in [2.45, 2.75) is 26.3 Å². The van der Waals surface area contributed by atoms with Crippen LogP contribution in [-0.2, 0) is 11.3 Å². The summed E-state index contributed by atoms with van der Waals surface area (Å²) in [5, 5.41) is 6.15. The van der Waals surface area contributed by atoms with Crippen LogP contribution in [0.3, 0.4) is 0 Å². The zero-order valence-corrected chi connectivity index (χ0v) is 15.4. The summed E-state index contributed by atoms with van der Waals surface area (Å²) in [6.07, 6.45) is 1.84. The summed E-state index contributed by atoms with van der Waals surface area (Å²) in [5.41, 5.74) is 2.30. The Kier molecular flexibility index (Phi) is 4.65. The molecule has 142 valence electrons. The Morgan fingerprint density at radius 1 is 1.18 bits per heavy atom. The molecule has 1 aromatic heterocycles. The van der Waals surface area contributed by atoms with Crippen LogP contribution in [0.2, 0.25) is 0 Å². The van der Waals surface area contributed by atoms with Gasteiger partial charge in [-0.25, -0.2) is 4.98 Å². The summed E-state index contributed by atoms with van der Waals surface area (Å²) in [4.78, 5) is 43.7. The van der Waals surface area contributed by atoms with Crippen molar-refractivity contribution in [2.75, 3.05) is 5.32 Å². The maximum Gasteiger partial charge on any atom is 0.258 e. The number of benzene rings is 2. The first-order chi connectivity index (χ1) is 13.5. The van der Waals surface area contributed by atoms with E-state index in [0.717, 1.165) is 18.4 Å². The number of aryl methyl sites for hydroxylation is 1. The molecule has 0 aliphatic heterocycles. The number of hydrogen-bond acceptors (Lipinski definition) is 4. The molecule has 0 unspecified atom stereocenters. The molecule has 0 saturated heterocycles. The SMILES string of the molecule is Cc1ccc(C(=O)NCc2nc3ccccc3c(=O)[nH]2)cc1NC(=O)C1CC1. The number of amides is 2. The van der Waals surface area contributed by atoms with E-state index in [2.05, 4.69) is 20.6 Å². The fraction of sp³-hybridized carbons (Fsp3) is 0.238. The average molecular weight is 376 g/mol. The molecule has 1 fully saturated rings. The fourth-order valence-corrected chi connectivity index (χ4v) is 2.96. The molecule has 28 heavy (non-hydrogen) atoms. The molecular formula is C21H20N4O3. The first-order valence-corrected chi connectivity index (χ1v) is 9.19. The fourth-order valence-electron chi connectivity index (χ4n) is 2.96. The minimum absolute atomic E-state index is 0.00130. The van der Waals surface area contributed by atoms with Gasteiger partial charge in [0.05, 0.1) is 17.4 Å². The third-order valence-electron chi connectivity index (χ3n) is 4.78. The van der Waals surface area contributed by atoms with Crippen molar-refractivity contribution in [3.8, 4) is 0 Å². The normalized spacial score (nSPS) is 13.3. The third kappa shape index (κ3) is 3.78. The van der Waals surface area contributed by atoms with Gasteiger partial charge in [-0.1, -0.05) is 18.2 Å². The number of para-hydroxylation sites is 1. The summed E-state index contributed by atoms with van der Waals surface area (Å²) in [6.45, 7) is 1.98. The summed E-state index contributed by atoms with van der Waals surface area (Å²) >= 11 is 0. The number of aromatic nitrogens is 2. The molecule has 2 aromatic carbocycles. The monoisotopic (exact) mass is 376 g/mol. The van der Waals surface area contributed by atoms with Crippen molar-refractivity contribution < 1.29 is 9.59 Å². The van der Waals surface area contributed by atoms with Gasteiger partial charge in [-0.3, -0.25) is 14.4 Å². The van der Waals surface area contributed by atoms with Crippen LogP contribution in [0.1, 0.15) is 34.6 Å². The van der Waals surface area contributed by atoms with Crippen LogP contribution in [0, 0.1) is 12.8 Å². The molecule has 1 saturated carbocycles. The van der Waals surface area contributed by atoms with Crippen molar-refractivity contribution >= 4 is 28.4 Å². The summed E-state index contributed by atoms with van der Waals surface area (Å²) in [6, 6.07) is 12.2. The van der Waals surface area contributed by atoms with E-state index in [4.69, 9.17) is 0 Å². The van der Waals surface area contributed by atoms with E-state index in [-0.39, 0.29) is 29.8 Å². The molecule has 1 aliphatic rings. The van der Waals surface area contributed by atoms with Gasteiger partial charge in [0, 0.05) is 17.2 Å². The molecule has 1 aliphatic carbocycles. The smallest absolute Gasteiger partial charge is 0.258 e. The van der Waals surface area contributed by atoms with Crippen LogP contribution >= 0.6 is 0 Å². The Morgan fingerprint density at radius 3 is 2.75 bits per heavy atom. The highest BCUT2D eigenvalue weighted by Gasteiger charge is 2.29. The minimum Gasteiger partial charge on any atom is -0.345 e. The molecule has 0 spiro atoms. The summed E-state index contributed by atoms with van der Waals surface area (Å²) in [5.74, 6) is 0.162. The van der Waals surface area contributed by atoms with Crippen molar-refractivity contribution in [1.29, 1.82) is 0 Å². The summed E-state index contributed by atoms with van der Waals surface area (Å²) < 4.78 is 0. The van der Waals surface area contributed by atoms with Crippen LogP contribution in [0.5, 0.6) is 0 Å². The molecule has 1 heterocycles. The Morgan fingerprint density at radius 2 is 1.96 bits per heavy atom. The van der Waals surface area contributed by atoms with Crippen molar-refractivity contribution in [1.82, 2.24) is 15.3 Å². The van der Waals surface area contributed by atoms with E-state index in [0.29, 0.717) is 28.0 Å². The topological polar surface area (TPSA) is 104 Å². The van der Waals surface area contributed by atoms with Crippen molar-refractivity contribution in [3.63, 3.8) is 0 Å². The number of aromatic amines is 1. The molecule has 0 radical (unpaired) electrons. The quantitative estimate of drug-likeness (QED) is 0.636. The lowest BCUT2D eigenvalue weighted by Crippen LogP contribution is -2.26. The number of rotatable bonds is 5. The van der Waals surface area contributed by atoms with Gasteiger partial charge in [0.25, 0.3) is 11.5 Å². The zero-order chi connectivity index (χ0) is 19.7. The lowest BCUT2D eigenvalue weighted by atomic mass is 10.1. The van der Waals surface area contributed by atoms with Gasteiger partial charge >= 0.3 is 0 Å². The Bertz CT molecular complexity index is 1130. The first kappa shape index (κ1) is 17.9. The van der Waals surface area contributed by atoms with Crippen LogP contribution in [0.4, 0.5) is 5.69 Å². The molecule has 3 aromatic rings. The van der Waals surface area contributed by atoms with Crippen LogP contribution < -0.4 is 16.2 Å². The molecule has 4 rings (SSSR count). The molecule has 3 N–H and O–H groups in total. The number of anilines is 1. The highest BCUT2D eigenvalue weighted by atomic mass is 16.2. The highest BCUT2D eigenvalue weighted by Crippen LogP contribution is 2.30. The molecule has 7 heteroatoms. The number of nitrogens with one attached hydrogen (secondary N) is 3. The number of fused-ring (bicyclic) bond motifs is 1. The van der Waals surface area contributed by atoms with Crippen LogP contribution in [-0.4, -0.2) is 21.8 Å². The summed E-state index contributed by atoms with van der Waals surface area (Å²) in [7, 11) is 0. The van der Waals surface area contributed by atoms with Gasteiger partial charge in [0.15, 0.2) is 0 Å². The van der Waals surface area contributed by atoms with E-state index in [1.165, 1.54) is 0 Å². The Hall–Kier alpha value is -3.48. The molecule has 7 nitrogen and oxygen atoms in total. The maximum absolute atomic E-state index is 12.5. The van der Waals surface area contributed by atoms with E-state index < -0.39 is 0 Å². The van der Waals surface area contributed by atoms with Crippen LogP contribution in [0.15, 0.2) is 47.3 Å². The largest absolute Gasteiger partial charge is 0.345 e. The number of carbonyl (C=O) groups excluding carboxylic acids is 2. The second kappa shape index (κ2) is 7.26. The second-order valence-electron chi connectivity index (χ2n) is 7.01. The van der Waals surface area contributed by atoms with Gasteiger partial charge in [-0.2, -0.15) is 0 Å². The first-order valence-electron chi connectivity index (χ1n) is 9.19. The molecular weight excluding hydrogens is 356 g/mol. The standard InChI is InChI=1S/C21H20N4O3/c1-12-6-7-14(10-17(12)24-20(27)13-8-9-13)19(26)22-11-18-23-16-5-3-2-4-15(16)21(28)25-18/h2-7,10,13H,8-9,11H2,1H3,(H,22,26)(H,24,27)(H,23,25,28). The van der Waals surface area contributed by atoms with Crippen molar-refractivity contribution in [2.24, 2.45) is 5.92 Å². The number of H-pyrrole nitrogens is 1. The van der Waals surface area contributed by atoms with Gasteiger partial charge in [0.1, 0.15) is 5.82 Å². The lowest BCUT2D eigenvalue weighted by Gasteiger charge is -2.11. The lowest BCUT2D eigenvalue weighted by molar-refractivity contribution is -0.117.